The first kappa shape index (κ1) is 21.2. The minimum absolute atomic E-state index is 0.259. The van der Waals surface area contributed by atoms with Crippen molar-refractivity contribution in [2.24, 2.45) is 0 Å². The number of hydrogen-bond acceptors (Lipinski definition) is 5. The van der Waals surface area contributed by atoms with Crippen molar-refractivity contribution < 1.29 is 9.90 Å². The van der Waals surface area contributed by atoms with Crippen molar-refractivity contribution in [1.82, 2.24) is 5.53 Å². The summed E-state index contributed by atoms with van der Waals surface area (Å²) >= 11 is 0. The summed E-state index contributed by atoms with van der Waals surface area (Å²) in [6.07, 6.45) is 2.40. The number of carboxylic acids is 1. The molecule has 156 valence electrons. The molecule has 1 aliphatic rings. The lowest BCUT2D eigenvalue weighted by Gasteiger charge is -2.23. The average molecular weight is 405 g/mol. The number of carboxylic acid groups (broad SMARTS) is 1. The van der Waals surface area contributed by atoms with Gasteiger partial charge in [-0.3, -0.25) is 10.0 Å². The first-order valence-electron chi connectivity index (χ1n) is 10.1. The highest BCUT2D eigenvalue weighted by Crippen LogP contribution is 2.33. The minimum atomic E-state index is -0.931. The molecular weight excluding hydrogens is 376 g/mol. The lowest BCUT2D eigenvalue weighted by Crippen LogP contribution is -2.44. The van der Waals surface area contributed by atoms with Gasteiger partial charge >= 0.3 is 5.97 Å². The summed E-state index contributed by atoms with van der Waals surface area (Å²) in [4.78, 5) is 10.3. The number of carbonyl (C=O) groups is 1. The van der Waals surface area contributed by atoms with Gasteiger partial charge in [-0.05, 0) is 48.4 Å². The molecule has 0 saturated carbocycles. The van der Waals surface area contributed by atoms with Crippen molar-refractivity contribution >= 4 is 23.0 Å². The van der Waals surface area contributed by atoms with Crippen LogP contribution in [0, 0.1) is 0 Å². The number of nitrogen functional groups attached to an aromatic ring is 1. The van der Waals surface area contributed by atoms with Crippen molar-refractivity contribution in [2.45, 2.75) is 26.3 Å². The molecule has 1 aliphatic heterocycles. The number of para-hydroxylation sites is 2. The van der Waals surface area contributed by atoms with E-state index < -0.39 is 5.97 Å². The molecule has 4 rings (SSSR count). The van der Waals surface area contributed by atoms with Crippen LogP contribution in [0.4, 0.5) is 17.1 Å². The van der Waals surface area contributed by atoms with E-state index in [0.717, 1.165) is 13.1 Å². The number of fused-ring (bicyclic) bond motifs is 1. The third kappa shape index (κ3) is 5.52. The molecule has 0 amide bonds. The number of nitrogens with zero attached hydrogens (tertiary/aromatic N) is 2. The topological polar surface area (TPSA) is 81.8 Å². The maximum absolute atomic E-state index is 10.3. The number of rotatable bonds is 6. The second kappa shape index (κ2) is 10.3. The maximum Gasteiger partial charge on any atom is 0.335 e. The van der Waals surface area contributed by atoms with E-state index in [0.29, 0.717) is 5.69 Å². The highest BCUT2D eigenvalue weighted by atomic mass is 16.4. The van der Waals surface area contributed by atoms with Crippen molar-refractivity contribution in [3.8, 4) is 0 Å². The largest absolute Gasteiger partial charge is 0.478 e. The van der Waals surface area contributed by atoms with E-state index >= 15 is 0 Å². The second-order valence-corrected chi connectivity index (χ2v) is 7.09. The van der Waals surface area contributed by atoms with Gasteiger partial charge in [0.2, 0.25) is 0 Å². The molecule has 3 aromatic carbocycles. The Hall–Kier alpha value is -3.51. The minimum Gasteiger partial charge on any atom is -0.478 e. The normalized spacial score (nSPS) is 12.2. The quantitative estimate of drug-likeness (QED) is 0.517. The van der Waals surface area contributed by atoms with Gasteiger partial charge in [-0.25, -0.2) is 4.79 Å². The molecule has 0 fully saturated rings. The Kier molecular flexibility index (Phi) is 7.29. The zero-order valence-corrected chi connectivity index (χ0v) is 17.2. The van der Waals surface area contributed by atoms with Gasteiger partial charge in [0.05, 0.1) is 23.5 Å². The fourth-order valence-corrected chi connectivity index (χ4v) is 3.17. The molecule has 0 spiro atoms. The summed E-state index contributed by atoms with van der Waals surface area (Å²) in [7, 11) is 0. The van der Waals surface area contributed by atoms with E-state index in [9.17, 15) is 4.79 Å². The van der Waals surface area contributed by atoms with Gasteiger partial charge in [0, 0.05) is 12.2 Å². The van der Waals surface area contributed by atoms with Crippen molar-refractivity contribution in [3.05, 3.63) is 90.0 Å². The van der Waals surface area contributed by atoms with Gasteiger partial charge in [0.15, 0.2) is 0 Å². The SMILES string of the molecule is CCCCN1NN(Cc2ccccc2)c2ccccc21.Nc1ccc(C(=O)O)cc1. The number of benzene rings is 3. The molecule has 0 bridgehead atoms. The number of anilines is 3. The molecule has 0 saturated heterocycles. The molecule has 1 heterocycles. The van der Waals surface area contributed by atoms with E-state index in [1.807, 2.05) is 0 Å². The fourth-order valence-electron chi connectivity index (χ4n) is 3.17. The molecule has 0 radical (unpaired) electrons. The van der Waals surface area contributed by atoms with Crippen LogP contribution in [0.1, 0.15) is 35.7 Å². The third-order valence-corrected chi connectivity index (χ3v) is 4.78. The van der Waals surface area contributed by atoms with Gasteiger partial charge in [-0.15, -0.1) is 5.53 Å². The summed E-state index contributed by atoms with van der Waals surface area (Å²) in [5.74, 6) is -0.931. The van der Waals surface area contributed by atoms with Crippen LogP contribution in [-0.2, 0) is 6.54 Å². The van der Waals surface area contributed by atoms with Crippen LogP contribution < -0.4 is 21.3 Å². The molecular formula is C24H28N4O2. The predicted molar refractivity (Wildman–Crippen MR) is 122 cm³/mol. The van der Waals surface area contributed by atoms with Crippen LogP contribution in [-0.4, -0.2) is 17.6 Å². The van der Waals surface area contributed by atoms with Crippen LogP contribution >= 0.6 is 0 Å². The number of aromatic carboxylic acids is 1. The number of hydrogen-bond donors (Lipinski definition) is 3. The molecule has 6 heteroatoms. The Morgan fingerprint density at radius 2 is 1.50 bits per heavy atom. The summed E-state index contributed by atoms with van der Waals surface area (Å²) in [5, 5.41) is 12.9. The number of nitrogens with two attached hydrogens (primary N) is 1. The predicted octanol–water partition coefficient (Wildman–Crippen LogP) is 4.70. The number of unbranched alkanes of at least 4 members (excludes halogenated alkanes) is 1. The van der Waals surface area contributed by atoms with Crippen molar-refractivity contribution in [2.75, 3.05) is 22.3 Å². The molecule has 0 atom stereocenters. The summed E-state index contributed by atoms with van der Waals surface area (Å²) in [5.41, 5.74) is 13.5. The monoisotopic (exact) mass is 404 g/mol. The Labute approximate surface area is 177 Å². The maximum atomic E-state index is 10.3. The molecule has 0 unspecified atom stereocenters. The average Bonchev–Trinajstić information content (AvgIpc) is 3.11. The van der Waals surface area contributed by atoms with Crippen LogP contribution in [0.5, 0.6) is 0 Å². The third-order valence-electron chi connectivity index (χ3n) is 4.78. The zero-order chi connectivity index (χ0) is 21.3. The smallest absolute Gasteiger partial charge is 0.335 e. The van der Waals surface area contributed by atoms with E-state index in [4.69, 9.17) is 10.8 Å². The van der Waals surface area contributed by atoms with Gasteiger partial charge < -0.3 is 10.8 Å². The highest BCUT2D eigenvalue weighted by Gasteiger charge is 2.24. The van der Waals surface area contributed by atoms with Crippen molar-refractivity contribution in [1.29, 1.82) is 0 Å². The second-order valence-electron chi connectivity index (χ2n) is 7.09. The number of hydrazine groups is 2. The fraction of sp³-hybridized carbons (Fsp3) is 0.208. The van der Waals surface area contributed by atoms with E-state index in [1.165, 1.54) is 41.9 Å². The van der Waals surface area contributed by atoms with Crippen LogP contribution in [0.3, 0.4) is 0 Å². The summed E-state index contributed by atoms with van der Waals surface area (Å²) in [6.45, 7) is 4.14. The molecule has 6 nitrogen and oxygen atoms in total. The molecule has 3 aromatic rings. The highest BCUT2D eigenvalue weighted by molar-refractivity contribution is 5.87. The van der Waals surface area contributed by atoms with Crippen LogP contribution in [0.2, 0.25) is 0 Å². The van der Waals surface area contributed by atoms with Gasteiger partial charge in [0.25, 0.3) is 0 Å². The lowest BCUT2D eigenvalue weighted by molar-refractivity contribution is 0.0697. The molecule has 4 N–H and O–H groups in total. The van der Waals surface area contributed by atoms with E-state index in [-0.39, 0.29) is 5.56 Å². The first-order valence-corrected chi connectivity index (χ1v) is 10.1. The van der Waals surface area contributed by atoms with Crippen LogP contribution in [0.25, 0.3) is 0 Å². The zero-order valence-electron chi connectivity index (χ0n) is 17.2. The molecule has 30 heavy (non-hydrogen) atoms. The Balaban J connectivity index is 0.000000216. The Morgan fingerprint density at radius 1 is 0.900 bits per heavy atom. The molecule has 0 aliphatic carbocycles. The number of nitrogens with one attached hydrogen (secondary N) is 1. The molecule has 0 aromatic heterocycles. The van der Waals surface area contributed by atoms with Crippen LogP contribution in [0.15, 0.2) is 78.9 Å². The van der Waals surface area contributed by atoms with Gasteiger partial charge in [-0.2, -0.15) is 0 Å². The lowest BCUT2D eigenvalue weighted by atomic mass is 10.2. The van der Waals surface area contributed by atoms with E-state index in [1.54, 1.807) is 12.1 Å². The van der Waals surface area contributed by atoms with Gasteiger partial charge in [0.1, 0.15) is 0 Å². The summed E-state index contributed by atoms with van der Waals surface area (Å²) in [6, 6.07) is 25.2. The first-order chi connectivity index (χ1) is 14.6. The standard InChI is InChI=1S/C17H21N3.C7H7NO2/c1-2-3-13-19-16-11-7-8-12-17(16)20(18-19)14-15-9-5-4-6-10-15;8-6-3-1-5(2-4-6)7(9)10/h4-12,18H,2-3,13-14H2,1H3;1-4H,8H2,(H,9,10). The van der Waals surface area contributed by atoms with Gasteiger partial charge in [-0.1, -0.05) is 55.8 Å². The Morgan fingerprint density at radius 3 is 2.10 bits per heavy atom. The Bertz CT molecular complexity index is 945. The summed E-state index contributed by atoms with van der Waals surface area (Å²) < 4.78 is 0. The van der Waals surface area contributed by atoms with Crippen molar-refractivity contribution in [3.63, 3.8) is 0 Å². The van der Waals surface area contributed by atoms with E-state index in [2.05, 4.69) is 77.1 Å².